The van der Waals surface area contributed by atoms with Crippen LogP contribution in [0.5, 0.6) is 17.2 Å². The van der Waals surface area contributed by atoms with E-state index in [1.54, 1.807) is 33.1 Å². The van der Waals surface area contributed by atoms with Crippen molar-refractivity contribution in [3.8, 4) is 17.2 Å². The monoisotopic (exact) mass is 431 g/mol. The average Bonchev–Trinajstić information content (AvgIpc) is 2.79. The number of carboxylic acids is 1. The van der Waals surface area contributed by atoms with Crippen LogP contribution in [0.2, 0.25) is 0 Å². The highest BCUT2D eigenvalue weighted by Gasteiger charge is 2.31. The number of carbonyl (C=O) groups is 1. The Bertz CT molecular complexity index is 837. The van der Waals surface area contributed by atoms with Crippen molar-refractivity contribution in [2.75, 3.05) is 40.7 Å². The number of carboxylic acid groups (broad SMARTS) is 1. The number of ether oxygens (including phenoxy) is 3. The molecule has 30 heavy (non-hydrogen) atoms. The number of thioether (sulfide) groups is 1. The molecule has 0 spiro atoms. The van der Waals surface area contributed by atoms with Gasteiger partial charge in [-0.25, -0.2) is 0 Å². The minimum absolute atomic E-state index is 0.0376. The third kappa shape index (κ3) is 4.68. The van der Waals surface area contributed by atoms with Gasteiger partial charge in [0.05, 0.1) is 33.3 Å². The van der Waals surface area contributed by atoms with Crippen LogP contribution >= 0.6 is 11.8 Å². The summed E-state index contributed by atoms with van der Waals surface area (Å²) in [4.78, 5) is 15.0. The molecule has 3 rings (SSSR count). The summed E-state index contributed by atoms with van der Waals surface area (Å²) in [6.07, 6.45) is 3.33. The first-order valence-corrected chi connectivity index (χ1v) is 11.2. The largest absolute Gasteiger partial charge is 0.493 e. The lowest BCUT2D eigenvalue weighted by atomic mass is 9.91. The molecule has 1 unspecified atom stereocenters. The second-order valence-corrected chi connectivity index (χ2v) is 8.16. The van der Waals surface area contributed by atoms with E-state index in [0.29, 0.717) is 43.2 Å². The van der Waals surface area contributed by atoms with E-state index in [2.05, 4.69) is 35.4 Å². The predicted molar refractivity (Wildman–Crippen MR) is 118 cm³/mol. The van der Waals surface area contributed by atoms with Gasteiger partial charge in [-0.1, -0.05) is 12.1 Å². The lowest BCUT2D eigenvalue weighted by molar-refractivity contribution is -0.143. The Morgan fingerprint density at radius 3 is 2.00 bits per heavy atom. The molecule has 0 aliphatic carbocycles. The van der Waals surface area contributed by atoms with Gasteiger partial charge in [0, 0.05) is 4.90 Å². The molecule has 7 heteroatoms. The van der Waals surface area contributed by atoms with E-state index in [0.717, 1.165) is 11.1 Å². The number of benzene rings is 2. The smallest absolute Gasteiger partial charge is 0.306 e. The molecular weight excluding hydrogens is 402 g/mol. The molecule has 0 aromatic heterocycles. The minimum Gasteiger partial charge on any atom is -0.493 e. The van der Waals surface area contributed by atoms with Crippen molar-refractivity contribution in [3.63, 3.8) is 0 Å². The highest BCUT2D eigenvalue weighted by molar-refractivity contribution is 7.98. The maximum absolute atomic E-state index is 11.4. The number of methoxy groups -OCH3 is 3. The second kappa shape index (κ2) is 10.1. The predicted octanol–water partition coefficient (Wildman–Crippen LogP) is 4.32. The number of likely N-dealkylation sites (tertiary alicyclic amines) is 1. The molecule has 1 aliphatic heterocycles. The fraction of sp³-hybridized carbons (Fsp3) is 0.435. The molecule has 0 saturated carbocycles. The molecular formula is C23H29NO5S. The number of hydrogen-bond donors (Lipinski definition) is 1. The molecule has 0 radical (unpaired) electrons. The van der Waals surface area contributed by atoms with Gasteiger partial charge in [-0.2, -0.15) is 0 Å². The van der Waals surface area contributed by atoms with Gasteiger partial charge in [0.15, 0.2) is 11.5 Å². The van der Waals surface area contributed by atoms with Gasteiger partial charge in [0.2, 0.25) is 5.75 Å². The summed E-state index contributed by atoms with van der Waals surface area (Å²) in [5, 5.41) is 9.38. The molecule has 1 N–H and O–H groups in total. The molecule has 2 aromatic carbocycles. The third-order valence-electron chi connectivity index (χ3n) is 5.68. The number of nitrogens with zero attached hydrogens (tertiary/aromatic N) is 1. The number of hydrogen-bond acceptors (Lipinski definition) is 6. The van der Waals surface area contributed by atoms with Gasteiger partial charge in [0.25, 0.3) is 0 Å². The van der Waals surface area contributed by atoms with Gasteiger partial charge < -0.3 is 19.3 Å². The molecule has 162 valence electrons. The van der Waals surface area contributed by atoms with Crippen LogP contribution in [0.1, 0.15) is 30.0 Å². The SMILES string of the molecule is COc1cc(C(c2ccc(SC)cc2)N2CCC(C(=O)O)CC2)cc(OC)c1OC. The quantitative estimate of drug-likeness (QED) is 0.624. The fourth-order valence-electron chi connectivity index (χ4n) is 4.06. The zero-order chi connectivity index (χ0) is 21.7. The van der Waals surface area contributed by atoms with Crippen molar-refractivity contribution in [2.24, 2.45) is 5.92 Å². The van der Waals surface area contributed by atoms with Crippen molar-refractivity contribution < 1.29 is 24.1 Å². The lowest BCUT2D eigenvalue weighted by Gasteiger charge is -2.37. The van der Waals surface area contributed by atoms with Crippen LogP contribution in [-0.4, -0.2) is 56.7 Å². The van der Waals surface area contributed by atoms with Crippen molar-refractivity contribution in [2.45, 2.75) is 23.8 Å². The number of rotatable bonds is 8. The molecule has 0 amide bonds. The van der Waals surface area contributed by atoms with Crippen molar-refractivity contribution in [1.82, 2.24) is 4.90 Å². The summed E-state index contributed by atoms with van der Waals surface area (Å²) < 4.78 is 16.6. The van der Waals surface area contributed by atoms with Gasteiger partial charge in [0.1, 0.15) is 0 Å². The van der Waals surface area contributed by atoms with Crippen LogP contribution in [0.15, 0.2) is 41.3 Å². The standard InChI is InChI=1S/C23H29NO5S/c1-27-19-13-17(14-20(28-2)22(19)29-3)21(15-5-7-18(30-4)8-6-15)24-11-9-16(10-12-24)23(25)26/h5-8,13-14,16,21H,9-12H2,1-4H3,(H,25,26). The fourth-order valence-corrected chi connectivity index (χ4v) is 4.47. The van der Waals surface area contributed by atoms with Crippen LogP contribution in [0, 0.1) is 5.92 Å². The van der Waals surface area contributed by atoms with Crippen molar-refractivity contribution in [1.29, 1.82) is 0 Å². The molecule has 6 nitrogen and oxygen atoms in total. The molecule has 1 atom stereocenters. The van der Waals surface area contributed by atoms with Gasteiger partial charge in [-0.05, 0) is 67.6 Å². The average molecular weight is 432 g/mol. The van der Waals surface area contributed by atoms with E-state index < -0.39 is 5.97 Å². The summed E-state index contributed by atoms with van der Waals surface area (Å²) >= 11 is 1.71. The number of piperidine rings is 1. The Hall–Kier alpha value is -2.38. The van der Waals surface area contributed by atoms with Crippen molar-refractivity contribution in [3.05, 3.63) is 47.5 Å². The van der Waals surface area contributed by atoms with Gasteiger partial charge in [-0.15, -0.1) is 11.8 Å². The van der Waals surface area contributed by atoms with Crippen LogP contribution in [0.4, 0.5) is 0 Å². The first kappa shape index (κ1) is 22.3. The molecule has 1 fully saturated rings. The van der Waals surface area contributed by atoms with E-state index in [4.69, 9.17) is 14.2 Å². The van der Waals surface area contributed by atoms with Gasteiger partial charge in [-0.3, -0.25) is 9.69 Å². The zero-order valence-electron chi connectivity index (χ0n) is 17.9. The van der Waals surface area contributed by atoms with Crippen molar-refractivity contribution >= 4 is 17.7 Å². The van der Waals surface area contributed by atoms with Crippen LogP contribution in [0.3, 0.4) is 0 Å². The molecule has 0 bridgehead atoms. The highest BCUT2D eigenvalue weighted by Crippen LogP contribution is 2.43. The Morgan fingerprint density at radius 2 is 1.57 bits per heavy atom. The van der Waals surface area contributed by atoms with Crippen LogP contribution in [0.25, 0.3) is 0 Å². The summed E-state index contributed by atoms with van der Waals surface area (Å²) in [6, 6.07) is 12.5. The second-order valence-electron chi connectivity index (χ2n) is 7.28. The number of aliphatic carboxylic acids is 1. The maximum Gasteiger partial charge on any atom is 0.306 e. The maximum atomic E-state index is 11.4. The van der Waals surface area contributed by atoms with E-state index in [-0.39, 0.29) is 12.0 Å². The van der Waals surface area contributed by atoms with E-state index in [9.17, 15) is 9.90 Å². The molecule has 1 aliphatic rings. The molecule has 1 saturated heterocycles. The van der Waals surface area contributed by atoms with E-state index in [1.807, 2.05) is 12.1 Å². The Balaban J connectivity index is 2.04. The zero-order valence-corrected chi connectivity index (χ0v) is 18.7. The summed E-state index contributed by atoms with van der Waals surface area (Å²) in [5.74, 6) is 0.796. The summed E-state index contributed by atoms with van der Waals surface area (Å²) in [7, 11) is 4.82. The Kier molecular flexibility index (Phi) is 7.50. The highest BCUT2D eigenvalue weighted by atomic mass is 32.2. The van der Waals surface area contributed by atoms with E-state index >= 15 is 0 Å². The Morgan fingerprint density at radius 1 is 1.00 bits per heavy atom. The van der Waals surface area contributed by atoms with Crippen LogP contribution in [-0.2, 0) is 4.79 Å². The van der Waals surface area contributed by atoms with Crippen LogP contribution < -0.4 is 14.2 Å². The summed E-state index contributed by atoms with van der Waals surface area (Å²) in [5.41, 5.74) is 2.17. The normalized spacial score (nSPS) is 16.1. The lowest BCUT2D eigenvalue weighted by Crippen LogP contribution is -2.39. The first-order valence-electron chi connectivity index (χ1n) is 9.93. The van der Waals surface area contributed by atoms with E-state index in [1.165, 1.54) is 4.90 Å². The Labute approximate surface area is 182 Å². The molecule has 1 heterocycles. The van der Waals surface area contributed by atoms with Gasteiger partial charge >= 0.3 is 5.97 Å². The first-order chi connectivity index (χ1) is 14.5. The molecule has 2 aromatic rings. The summed E-state index contributed by atoms with van der Waals surface area (Å²) in [6.45, 7) is 1.42. The topological polar surface area (TPSA) is 68.2 Å². The third-order valence-corrected chi connectivity index (χ3v) is 6.42. The minimum atomic E-state index is -0.705.